The Bertz CT molecular complexity index is 846. The van der Waals surface area contributed by atoms with E-state index in [2.05, 4.69) is 10.2 Å². The molecule has 154 valence electrons. The topological polar surface area (TPSA) is 41.6 Å². The average Bonchev–Trinajstić information content (AvgIpc) is 3.12. The zero-order valence-corrected chi connectivity index (χ0v) is 16.3. The normalized spacial score (nSPS) is 24.3. The lowest BCUT2D eigenvalue weighted by atomic mass is 9.83. The second-order valence-corrected chi connectivity index (χ2v) is 8.00. The summed E-state index contributed by atoms with van der Waals surface area (Å²) in [4.78, 5) is 14.5. The van der Waals surface area contributed by atoms with Gasteiger partial charge in [-0.3, -0.25) is 9.69 Å². The number of benzene rings is 2. The van der Waals surface area contributed by atoms with Crippen LogP contribution in [0.5, 0.6) is 0 Å². The number of nitrogens with zero attached hydrogens (tertiary/aromatic N) is 1. The molecule has 0 saturated carbocycles. The summed E-state index contributed by atoms with van der Waals surface area (Å²) in [5, 5.41) is 2.97. The number of hydrogen-bond acceptors (Lipinski definition) is 3. The molecule has 1 amide bonds. The van der Waals surface area contributed by atoms with Crippen molar-refractivity contribution < 1.29 is 18.3 Å². The molecule has 6 heteroatoms. The Morgan fingerprint density at radius 3 is 2.79 bits per heavy atom. The molecule has 2 aliphatic rings. The maximum absolute atomic E-state index is 14.0. The second kappa shape index (κ2) is 9.01. The third kappa shape index (κ3) is 4.82. The van der Waals surface area contributed by atoms with E-state index < -0.39 is 11.6 Å². The van der Waals surface area contributed by atoms with Crippen molar-refractivity contribution in [2.45, 2.75) is 32.0 Å². The van der Waals surface area contributed by atoms with Crippen LogP contribution in [0.2, 0.25) is 0 Å². The number of likely N-dealkylation sites (tertiary alicyclic amines) is 1. The fourth-order valence-electron chi connectivity index (χ4n) is 4.48. The van der Waals surface area contributed by atoms with Crippen LogP contribution in [0, 0.1) is 23.5 Å². The van der Waals surface area contributed by atoms with Crippen molar-refractivity contribution in [3.63, 3.8) is 0 Å². The van der Waals surface area contributed by atoms with E-state index in [0.29, 0.717) is 43.5 Å². The molecule has 3 atom stereocenters. The molecule has 2 saturated heterocycles. The van der Waals surface area contributed by atoms with Crippen LogP contribution < -0.4 is 5.32 Å². The first-order valence-electron chi connectivity index (χ1n) is 10.2. The number of carbonyl (C=O) groups excluding carboxylic acids is 1. The summed E-state index contributed by atoms with van der Waals surface area (Å²) in [6.45, 7) is 3.11. The molecule has 2 fully saturated rings. The minimum Gasteiger partial charge on any atom is -0.377 e. The molecule has 29 heavy (non-hydrogen) atoms. The van der Waals surface area contributed by atoms with Crippen molar-refractivity contribution in [2.75, 3.05) is 19.7 Å². The highest BCUT2D eigenvalue weighted by Crippen LogP contribution is 2.36. The average molecular weight is 400 g/mol. The molecule has 0 unspecified atom stereocenters. The first kappa shape index (κ1) is 20.0. The van der Waals surface area contributed by atoms with Gasteiger partial charge in [0.05, 0.1) is 19.1 Å². The van der Waals surface area contributed by atoms with Gasteiger partial charge in [-0.1, -0.05) is 42.5 Å². The van der Waals surface area contributed by atoms with Gasteiger partial charge in [-0.2, -0.15) is 0 Å². The highest BCUT2D eigenvalue weighted by Gasteiger charge is 2.41. The molecule has 2 aromatic rings. The Balaban J connectivity index is 1.27. The Labute approximate surface area is 169 Å². The predicted molar refractivity (Wildman–Crippen MR) is 106 cm³/mol. The summed E-state index contributed by atoms with van der Waals surface area (Å²) in [6, 6.07) is 14.2. The van der Waals surface area contributed by atoms with Crippen molar-refractivity contribution >= 4 is 5.91 Å². The lowest BCUT2D eigenvalue weighted by molar-refractivity contribution is -0.124. The van der Waals surface area contributed by atoms with Gasteiger partial charge in [0.15, 0.2) is 11.6 Å². The van der Waals surface area contributed by atoms with Gasteiger partial charge in [-0.15, -0.1) is 0 Å². The van der Waals surface area contributed by atoms with Gasteiger partial charge in [0.1, 0.15) is 0 Å². The molecule has 0 aromatic heterocycles. The van der Waals surface area contributed by atoms with Crippen LogP contribution in [-0.4, -0.2) is 36.6 Å². The zero-order valence-electron chi connectivity index (χ0n) is 16.3. The van der Waals surface area contributed by atoms with E-state index in [1.807, 2.05) is 30.3 Å². The first-order valence-corrected chi connectivity index (χ1v) is 10.2. The number of fused-ring (bicyclic) bond motifs is 1. The lowest BCUT2D eigenvalue weighted by Crippen LogP contribution is -2.42. The zero-order chi connectivity index (χ0) is 20.2. The molecule has 0 aliphatic carbocycles. The first-order chi connectivity index (χ1) is 14.1. The maximum atomic E-state index is 14.0. The molecule has 0 radical (unpaired) electrons. The third-order valence-electron chi connectivity index (χ3n) is 6.02. The fraction of sp³-hybridized carbons (Fsp3) is 0.435. The minimum atomic E-state index is -0.803. The molecule has 4 rings (SSSR count). The summed E-state index contributed by atoms with van der Waals surface area (Å²) in [5.41, 5.74) is 1.46. The number of piperidine rings is 1. The van der Waals surface area contributed by atoms with Crippen LogP contribution in [0.1, 0.15) is 24.0 Å². The third-order valence-corrected chi connectivity index (χ3v) is 6.02. The monoisotopic (exact) mass is 400 g/mol. The second-order valence-electron chi connectivity index (χ2n) is 8.00. The Hall–Kier alpha value is -2.31. The molecule has 0 spiro atoms. The number of nitrogens with one attached hydrogen (secondary N) is 1. The molecule has 2 aliphatic heterocycles. The summed E-state index contributed by atoms with van der Waals surface area (Å²) in [7, 11) is 0. The molecule has 4 nitrogen and oxygen atoms in total. The van der Waals surface area contributed by atoms with E-state index in [1.165, 1.54) is 0 Å². The molecular weight excluding hydrogens is 374 g/mol. The molecular formula is C23H26F2N2O2. The van der Waals surface area contributed by atoms with Crippen LogP contribution in [0.15, 0.2) is 48.5 Å². The highest BCUT2D eigenvalue weighted by molar-refractivity contribution is 5.76. The van der Waals surface area contributed by atoms with Crippen molar-refractivity contribution in [3.05, 3.63) is 71.3 Å². The highest BCUT2D eigenvalue weighted by atomic mass is 19.2. The SMILES string of the molecule is O=C(C[C@@H]1OC[C@H]2CN(Cc3cccc(F)c3F)CC[C@H]21)NCc1ccccc1. The number of hydrogen-bond donors (Lipinski definition) is 1. The van der Waals surface area contributed by atoms with Gasteiger partial charge in [0, 0.05) is 31.1 Å². The lowest BCUT2D eigenvalue weighted by Gasteiger charge is -2.35. The number of halogens is 2. The number of carbonyl (C=O) groups is 1. The van der Waals surface area contributed by atoms with Crippen molar-refractivity contribution in [2.24, 2.45) is 11.8 Å². The largest absolute Gasteiger partial charge is 0.377 e. The van der Waals surface area contributed by atoms with Gasteiger partial charge < -0.3 is 10.1 Å². The van der Waals surface area contributed by atoms with Gasteiger partial charge >= 0.3 is 0 Å². The van der Waals surface area contributed by atoms with Gasteiger partial charge in [-0.25, -0.2) is 8.78 Å². The fourth-order valence-corrected chi connectivity index (χ4v) is 4.48. The van der Waals surface area contributed by atoms with E-state index in [9.17, 15) is 13.6 Å². The van der Waals surface area contributed by atoms with Gasteiger partial charge in [-0.05, 0) is 30.5 Å². The van der Waals surface area contributed by atoms with Gasteiger partial charge in [0.25, 0.3) is 0 Å². The summed E-state index contributed by atoms with van der Waals surface area (Å²) >= 11 is 0. The van der Waals surface area contributed by atoms with Crippen LogP contribution in [0.3, 0.4) is 0 Å². The standard InChI is InChI=1S/C23H26F2N2O2/c24-20-8-4-7-17(23(20)25)13-27-10-9-19-18(14-27)15-29-21(19)11-22(28)26-12-16-5-2-1-3-6-16/h1-8,18-19,21H,9-15H2,(H,26,28)/t18-,19-,21+/m1/s1. The van der Waals surface area contributed by atoms with Crippen molar-refractivity contribution in [3.8, 4) is 0 Å². The summed E-state index contributed by atoms with van der Waals surface area (Å²) in [6.07, 6.45) is 1.20. The van der Waals surface area contributed by atoms with Crippen LogP contribution in [0.4, 0.5) is 8.78 Å². The molecule has 2 heterocycles. The summed E-state index contributed by atoms with van der Waals surface area (Å²) in [5.74, 6) is -0.893. The van der Waals surface area contributed by atoms with E-state index in [4.69, 9.17) is 4.74 Å². The van der Waals surface area contributed by atoms with Crippen molar-refractivity contribution in [1.29, 1.82) is 0 Å². The van der Waals surface area contributed by atoms with E-state index >= 15 is 0 Å². The molecule has 2 aromatic carbocycles. The molecule has 1 N–H and O–H groups in total. The van der Waals surface area contributed by atoms with E-state index in [0.717, 1.165) is 31.1 Å². The van der Waals surface area contributed by atoms with Crippen LogP contribution in [-0.2, 0) is 22.6 Å². The Morgan fingerprint density at radius 1 is 1.14 bits per heavy atom. The minimum absolute atomic E-state index is 0.00349. The molecule has 0 bridgehead atoms. The smallest absolute Gasteiger partial charge is 0.222 e. The Morgan fingerprint density at radius 2 is 1.97 bits per heavy atom. The van der Waals surface area contributed by atoms with Crippen LogP contribution in [0.25, 0.3) is 0 Å². The van der Waals surface area contributed by atoms with E-state index in [-0.39, 0.29) is 12.0 Å². The predicted octanol–water partition coefficient (Wildman–Crippen LogP) is 3.51. The number of rotatable bonds is 6. The maximum Gasteiger partial charge on any atom is 0.222 e. The van der Waals surface area contributed by atoms with Crippen molar-refractivity contribution in [1.82, 2.24) is 10.2 Å². The quantitative estimate of drug-likeness (QED) is 0.807. The summed E-state index contributed by atoms with van der Waals surface area (Å²) < 4.78 is 33.3. The van der Waals surface area contributed by atoms with E-state index in [1.54, 1.807) is 12.1 Å². The number of ether oxygens (including phenoxy) is 1. The van der Waals surface area contributed by atoms with Gasteiger partial charge in [0.2, 0.25) is 5.91 Å². The number of amides is 1. The van der Waals surface area contributed by atoms with Crippen LogP contribution >= 0.6 is 0 Å². The Kier molecular flexibility index (Phi) is 6.21.